The molecule has 0 radical (unpaired) electrons. The van der Waals surface area contributed by atoms with Gasteiger partial charge in [-0.25, -0.2) is 4.68 Å². The predicted molar refractivity (Wildman–Crippen MR) is 107 cm³/mol. The summed E-state index contributed by atoms with van der Waals surface area (Å²) < 4.78 is 1.62. The Kier molecular flexibility index (Phi) is 4.38. The number of nitrogens with zero attached hydrogens (tertiary/aromatic N) is 1. The molecule has 0 aromatic heterocycles. The van der Waals surface area contributed by atoms with Crippen LogP contribution in [-0.2, 0) is 0 Å². The molecule has 128 valence electrons. The highest BCUT2D eigenvalue weighted by molar-refractivity contribution is 6.16. The van der Waals surface area contributed by atoms with Gasteiger partial charge in [-0.05, 0) is 65.8 Å². The molecule has 0 amide bonds. The summed E-state index contributed by atoms with van der Waals surface area (Å²) in [4.78, 5) is 0. The molecule has 1 heterocycles. The van der Waals surface area contributed by atoms with Crippen LogP contribution in [0.15, 0.2) is 53.6 Å². The molecule has 0 atom stereocenters. The van der Waals surface area contributed by atoms with Gasteiger partial charge in [-0.3, -0.25) is 0 Å². The monoisotopic (exact) mass is 330 g/mol. The van der Waals surface area contributed by atoms with Crippen LogP contribution in [0.1, 0.15) is 47.2 Å². The van der Waals surface area contributed by atoms with Gasteiger partial charge in [0.05, 0.1) is 5.57 Å². The molecule has 2 nitrogen and oxygen atoms in total. The summed E-state index contributed by atoms with van der Waals surface area (Å²) >= 11 is 0. The van der Waals surface area contributed by atoms with Crippen molar-refractivity contribution in [2.24, 2.45) is 0 Å². The molecule has 2 aromatic rings. The zero-order chi connectivity index (χ0) is 18.3. The third-order valence-electron chi connectivity index (χ3n) is 4.74. The van der Waals surface area contributed by atoms with Crippen LogP contribution in [-0.4, -0.2) is 10.4 Å². The highest BCUT2D eigenvalue weighted by Crippen LogP contribution is 2.35. The summed E-state index contributed by atoms with van der Waals surface area (Å²) in [5.74, 6) is 8.87. The van der Waals surface area contributed by atoms with E-state index >= 15 is 0 Å². The largest absolute Gasteiger partial charge is 0.448 e. The summed E-state index contributed by atoms with van der Waals surface area (Å²) in [5.41, 5.74) is 11.4. The molecule has 0 bridgehead atoms. The van der Waals surface area contributed by atoms with Crippen LogP contribution in [0.5, 0.6) is 0 Å². The highest BCUT2D eigenvalue weighted by atomic mass is 15.3. The number of rotatable bonds is 2. The molecule has 1 aliphatic heterocycles. The van der Waals surface area contributed by atoms with Gasteiger partial charge in [-0.2, -0.15) is 0 Å². The van der Waals surface area contributed by atoms with Crippen LogP contribution in [0, 0.1) is 27.7 Å². The lowest BCUT2D eigenvalue weighted by molar-refractivity contribution is -0.347. The normalized spacial score (nSPS) is 16.3. The molecule has 1 aliphatic rings. The standard InChI is InChI=1S/C23H26N2/c1-7-21-18(6)22(19-10-14(2)8-15(3)11-19)25(24)23(21)20-12-16(4)9-17(5)13-20/h7-13,24H,1-6H3. The molecule has 0 unspecified atom stereocenters. The van der Waals surface area contributed by atoms with Crippen molar-refractivity contribution in [2.45, 2.75) is 41.5 Å². The topological polar surface area (TPSA) is 26.8 Å². The van der Waals surface area contributed by atoms with Gasteiger partial charge in [0.2, 0.25) is 11.4 Å². The molecule has 0 aliphatic carbocycles. The van der Waals surface area contributed by atoms with Crippen LogP contribution < -0.4 is 0 Å². The Balaban J connectivity index is 2.26. The van der Waals surface area contributed by atoms with E-state index in [2.05, 4.69) is 84.0 Å². The van der Waals surface area contributed by atoms with E-state index in [1.54, 1.807) is 4.68 Å². The van der Waals surface area contributed by atoms with E-state index in [4.69, 9.17) is 5.84 Å². The second-order valence-corrected chi connectivity index (χ2v) is 7.11. The minimum atomic E-state index is 0.973. The summed E-state index contributed by atoms with van der Waals surface area (Å²) in [6, 6.07) is 13.0. The van der Waals surface area contributed by atoms with Gasteiger partial charge in [-0.1, -0.05) is 40.5 Å². The molecule has 25 heavy (non-hydrogen) atoms. The van der Waals surface area contributed by atoms with Crippen LogP contribution in [0.25, 0.3) is 11.5 Å². The Morgan fingerprint density at radius 3 is 1.60 bits per heavy atom. The van der Waals surface area contributed by atoms with Gasteiger partial charge in [0.25, 0.3) is 0 Å². The molecular weight excluding hydrogens is 304 g/mol. The SMILES string of the molecule is CC=C1C(C)=C(c2cc(C)cc(C)c2)[N+]([NH-])=C1c1cc(C)cc(C)c1. The smallest absolute Gasteiger partial charge is 0.215 e. The Bertz CT molecular complexity index is 916. The Labute approximate surface area is 151 Å². The van der Waals surface area contributed by atoms with Gasteiger partial charge in [0, 0.05) is 16.7 Å². The first-order chi connectivity index (χ1) is 11.8. The van der Waals surface area contributed by atoms with Crippen molar-refractivity contribution >= 4 is 11.4 Å². The van der Waals surface area contributed by atoms with Crippen LogP contribution in [0.3, 0.4) is 0 Å². The number of benzene rings is 2. The minimum Gasteiger partial charge on any atom is -0.448 e. The summed E-state index contributed by atoms with van der Waals surface area (Å²) in [5, 5.41) is 0. The van der Waals surface area contributed by atoms with E-state index in [1.807, 2.05) is 0 Å². The Hall–Kier alpha value is -2.61. The van der Waals surface area contributed by atoms with Crippen molar-refractivity contribution < 1.29 is 4.68 Å². The molecule has 3 rings (SSSR count). The fraction of sp³-hybridized carbons (Fsp3) is 0.261. The molecular formula is C23H26N2. The van der Waals surface area contributed by atoms with E-state index < -0.39 is 0 Å². The highest BCUT2D eigenvalue weighted by Gasteiger charge is 2.32. The lowest BCUT2D eigenvalue weighted by Crippen LogP contribution is -2.12. The van der Waals surface area contributed by atoms with E-state index in [0.29, 0.717) is 0 Å². The molecule has 0 saturated heterocycles. The summed E-state index contributed by atoms with van der Waals surface area (Å²) in [6.45, 7) is 12.6. The van der Waals surface area contributed by atoms with Crippen molar-refractivity contribution in [3.63, 3.8) is 0 Å². The number of hydrogen-bond acceptors (Lipinski definition) is 0. The van der Waals surface area contributed by atoms with Gasteiger partial charge in [0.1, 0.15) is 0 Å². The fourth-order valence-corrected chi connectivity index (χ4v) is 3.91. The predicted octanol–water partition coefficient (Wildman–Crippen LogP) is 6.08. The fourth-order valence-electron chi connectivity index (χ4n) is 3.91. The maximum absolute atomic E-state index is 8.87. The first kappa shape index (κ1) is 17.2. The lowest BCUT2D eigenvalue weighted by atomic mass is 9.95. The van der Waals surface area contributed by atoms with Crippen LogP contribution in [0.2, 0.25) is 0 Å². The Morgan fingerprint density at radius 1 is 0.720 bits per heavy atom. The van der Waals surface area contributed by atoms with Crippen molar-refractivity contribution in [1.29, 1.82) is 0 Å². The maximum atomic E-state index is 8.87. The minimum absolute atomic E-state index is 0.973. The van der Waals surface area contributed by atoms with Gasteiger partial charge in [-0.15, -0.1) is 0 Å². The third kappa shape index (κ3) is 3.05. The second kappa shape index (κ2) is 6.36. The zero-order valence-electron chi connectivity index (χ0n) is 16.0. The first-order valence-corrected chi connectivity index (χ1v) is 8.75. The molecule has 0 spiro atoms. The van der Waals surface area contributed by atoms with Crippen LogP contribution >= 0.6 is 0 Å². The zero-order valence-corrected chi connectivity index (χ0v) is 16.0. The van der Waals surface area contributed by atoms with E-state index in [9.17, 15) is 0 Å². The Morgan fingerprint density at radius 2 is 1.16 bits per heavy atom. The van der Waals surface area contributed by atoms with E-state index in [1.165, 1.54) is 22.3 Å². The van der Waals surface area contributed by atoms with Crippen molar-refractivity contribution in [3.8, 4) is 0 Å². The number of allylic oxidation sites excluding steroid dienone is 3. The molecule has 1 N–H and O–H groups in total. The average Bonchev–Trinajstić information content (AvgIpc) is 2.75. The van der Waals surface area contributed by atoms with E-state index in [0.717, 1.165) is 33.7 Å². The summed E-state index contributed by atoms with van der Waals surface area (Å²) in [7, 11) is 0. The molecule has 0 saturated carbocycles. The van der Waals surface area contributed by atoms with Crippen molar-refractivity contribution in [3.05, 3.63) is 92.8 Å². The van der Waals surface area contributed by atoms with Gasteiger partial charge < -0.3 is 5.84 Å². The molecule has 0 fully saturated rings. The molecule has 2 aromatic carbocycles. The lowest BCUT2D eigenvalue weighted by Gasteiger charge is -2.10. The third-order valence-corrected chi connectivity index (χ3v) is 4.74. The van der Waals surface area contributed by atoms with Gasteiger partial charge in [0.15, 0.2) is 0 Å². The summed E-state index contributed by atoms with van der Waals surface area (Å²) in [6.07, 6.45) is 2.12. The van der Waals surface area contributed by atoms with Gasteiger partial charge >= 0.3 is 0 Å². The van der Waals surface area contributed by atoms with Crippen molar-refractivity contribution in [1.82, 2.24) is 0 Å². The first-order valence-electron chi connectivity index (χ1n) is 8.75. The van der Waals surface area contributed by atoms with Crippen molar-refractivity contribution in [2.75, 3.05) is 0 Å². The number of hydrogen-bond donors (Lipinski definition) is 0. The maximum Gasteiger partial charge on any atom is 0.215 e. The average molecular weight is 330 g/mol. The molecule has 2 heteroatoms. The second-order valence-electron chi connectivity index (χ2n) is 7.11. The number of aryl methyl sites for hydroxylation is 4. The number of nitrogens with one attached hydrogen (secondary N) is 1. The quantitative estimate of drug-likeness (QED) is 0.597. The van der Waals surface area contributed by atoms with Crippen LogP contribution in [0.4, 0.5) is 0 Å². The van der Waals surface area contributed by atoms with E-state index in [-0.39, 0.29) is 0 Å².